The summed E-state index contributed by atoms with van der Waals surface area (Å²) in [6, 6.07) is 2.20. The van der Waals surface area contributed by atoms with Crippen LogP contribution in [0.4, 0.5) is 0 Å². The van der Waals surface area contributed by atoms with Gasteiger partial charge in [0.25, 0.3) is 0 Å². The highest BCUT2D eigenvalue weighted by Gasteiger charge is 2.10. The molecular weight excluding hydrogens is 244 g/mol. The smallest absolute Gasteiger partial charge is 0.154 e. The van der Waals surface area contributed by atoms with Crippen LogP contribution in [0.15, 0.2) is 12.3 Å². The summed E-state index contributed by atoms with van der Waals surface area (Å²) in [5, 5.41) is 2.09. The highest BCUT2D eigenvalue weighted by atomic mass is 32.1. The van der Waals surface area contributed by atoms with Gasteiger partial charge in [0, 0.05) is 16.0 Å². The molecule has 15 heavy (non-hydrogen) atoms. The van der Waals surface area contributed by atoms with Gasteiger partial charge in [-0.25, -0.2) is 9.97 Å². The molecule has 0 aliphatic rings. The zero-order chi connectivity index (χ0) is 10.4. The summed E-state index contributed by atoms with van der Waals surface area (Å²) in [6.45, 7) is 4.19. The van der Waals surface area contributed by atoms with Gasteiger partial charge in [-0.1, -0.05) is 0 Å². The Morgan fingerprint density at radius 3 is 2.53 bits per heavy atom. The van der Waals surface area contributed by atoms with Crippen molar-refractivity contribution >= 4 is 43.5 Å². The number of rotatable bonds is 1. The summed E-state index contributed by atoms with van der Waals surface area (Å²) in [5.41, 5.74) is 0. The fourth-order valence-corrected chi connectivity index (χ4v) is 4.31. The van der Waals surface area contributed by atoms with Gasteiger partial charge in [0.2, 0.25) is 0 Å². The summed E-state index contributed by atoms with van der Waals surface area (Å²) < 4.78 is 1.28. The highest BCUT2D eigenvalue weighted by Crippen LogP contribution is 2.36. The summed E-state index contributed by atoms with van der Waals surface area (Å²) in [4.78, 5) is 12.7. The van der Waals surface area contributed by atoms with Crippen molar-refractivity contribution < 1.29 is 0 Å². The first kappa shape index (κ1) is 9.45. The normalized spacial score (nSPS) is 11.3. The van der Waals surface area contributed by atoms with Gasteiger partial charge < -0.3 is 0 Å². The average Bonchev–Trinajstić information content (AvgIpc) is 2.78. The lowest BCUT2D eigenvalue weighted by Gasteiger charge is -1.84. The van der Waals surface area contributed by atoms with Gasteiger partial charge in [-0.15, -0.1) is 34.0 Å². The first-order valence-electron chi connectivity index (χ1n) is 4.52. The number of aromatic nitrogens is 2. The second-order valence-corrected chi connectivity index (χ2v) is 6.82. The molecule has 2 nitrogen and oxygen atoms in total. The van der Waals surface area contributed by atoms with Crippen LogP contribution in [0, 0.1) is 13.8 Å². The number of thiophene rings is 1. The molecule has 0 aliphatic heterocycles. The zero-order valence-corrected chi connectivity index (χ0v) is 10.7. The molecule has 0 fully saturated rings. The zero-order valence-electron chi connectivity index (χ0n) is 8.27. The van der Waals surface area contributed by atoms with E-state index < -0.39 is 0 Å². The van der Waals surface area contributed by atoms with Gasteiger partial charge >= 0.3 is 0 Å². The Hall–Kier alpha value is -0.780. The van der Waals surface area contributed by atoms with Crippen LogP contribution < -0.4 is 0 Å². The monoisotopic (exact) mass is 252 g/mol. The maximum Gasteiger partial charge on any atom is 0.154 e. The maximum atomic E-state index is 4.60. The van der Waals surface area contributed by atoms with Gasteiger partial charge in [-0.3, -0.25) is 0 Å². The van der Waals surface area contributed by atoms with Crippen LogP contribution in [0.5, 0.6) is 0 Å². The van der Waals surface area contributed by atoms with Gasteiger partial charge in [-0.05, 0) is 19.9 Å². The molecule has 0 unspecified atom stereocenters. The van der Waals surface area contributed by atoms with Gasteiger partial charge in [0.05, 0.1) is 4.70 Å². The minimum Gasteiger partial charge on any atom is -0.242 e. The molecule has 0 saturated carbocycles. The molecule has 0 aliphatic carbocycles. The molecule has 0 spiro atoms. The lowest BCUT2D eigenvalue weighted by Crippen LogP contribution is -1.70. The van der Waals surface area contributed by atoms with Crippen molar-refractivity contribution in [1.29, 1.82) is 0 Å². The molecule has 3 heterocycles. The number of thiazole rings is 2. The SMILES string of the molecule is Cc1cnc(-c2nc3sc(C)cc3s2)s1. The van der Waals surface area contributed by atoms with Crippen LogP contribution in [-0.4, -0.2) is 9.97 Å². The van der Waals surface area contributed by atoms with Crippen molar-refractivity contribution in [2.75, 3.05) is 0 Å². The molecule has 5 heteroatoms. The minimum atomic E-state index is 1.04. The third-order valence-electron chi connectivity index (χ3n) is 2.02. The van der Waals surface area contributed by atoms with E-state index in [1.165, 1.54) is 14.5 Å². The summed E-state index contributed by atoms with van der Waals surface area (Å²) in [5.74, 6) is 0. The Balaban J connectivity index is 2.15. The van der Waals surface area contributed by atoms with Crippen molar-refractivity contribution in [3.8, 4) is 10.0 Å². The predicted molar refractivity (Wildman–Crippen MR) is 68.1 cm³/mol. The van der Waals surface area contributed by atoms with Crippen LogP contribution in [0.2, 0.25) is 0 Å². The highest BCUT2D eigenvalue weighted by molar-refractivity contribution is 7.30. The largest absolute Gasteiger partial charge is 0.242 e. The number of hydrogen-bond donors (Lipinski definition) is 0. The second-order valence-electron chi connectivity index (χ2n) is 3.32. The van der Waals surface area contributed by atoms with E-state index in [2.05, 4.69) is 29.9 Å². The third kappa shape index (κ3) is 1.60. The van der Waals surface area contributed by atoms with E-state index in [9.17, 15) is 0 Å². The Bertz CT molecular complexity index is 586. The lowest BCUT2D eigenvalue weighted by atomic mass is 10.5. The van der Waals surface area contributed by atoms with Crippen molar-refractivity contribution in [3.63, 3.8) is 0 Å². The van der Waals surface area contributed by atoms with Crippen LogP contribution in [0.1, 0.15) is 9.75 Å². The van der Waals surface area contributed by atoms with Crippen molar-refractivity contribution in [1.82, 2.24) is 9.97 Å². The van der Waals surface area contributed by atoms with Gasteiger partial charge in [0.15, 0.2) is 10.0 Å². The maximum absolute atomic E-state index is 4.60. The molecule has 0 aromatic carbocycles. The first-order valence-corrected chi connectivity index (χ1v) is 6.97. The molecule has 3 rings (SSSR count). The molecule has 0 bridgehead atoms. The van der Waals surface area contributed by atoms with E-state index in [1.54, 1.807) is 34.0 Å². The Kier molecular flexibility index (Phi) is 2.12. The molecular formula is C10H8N2S3. The van der Waals surface area contributed by atoms with Crippen molar-refractivity contribution in [2.24, 2.45) is 0 Å². The fourth-order valence-electron chi connectivity index (χ4n) is 1.39. The molecule has 0 atom stereocenters. The van der Waals surface area contributed by atoms with Crippen LogP contribution >= 0.6 is 34.0 Å². The van der Waals surface area contributed by atoms with E-state index in [0.29, 0.717) is 0 Å². The molecule has 3 aromatic rings. The van der Waals surface area contributed by atoms with Crippen molar-refractivity contribution in [2.45, 2.75) is 13.8 Å². The Morgan fingerprint density at radius 1 is 1.00 bits per heavy atom. The van der Waals surface area contributed by atoms with E-state index in [0.717, 1.165) is 14.8 Å². The molecule has 0 saturated heterocycles. The van der Waals surface area contributed by atoms with E-state index in [-0.39, 0.29) is 0 Å². The van der Waals surface area contributed by atoms with E-state index in [4.69, 9.17) is 0 Å². The third-order valence-corrected chi connectivity index (χ3v) is 5.15. The number of fused-ring (bicyclic) bond motifs is 1. The lowest BCUT2D eigenvalue weighted by molar-refractivity contribution is 1.36. The van der Waals surface area contributed by atoms with Crippen LogP contribution in [0.25, 0.3) is 19.5 Å². The van der Waals surface area contributed by atoms with Crippen LogP contribution in [0.3, 0.4) is 0 Å². The standard InChI is InChI=1S/C10H8N2S3/c1-5-3-7-8(13-5)12-10(15-7)9-11-4-6(2)14-9/h3-4H,1-2H3. The van der Waals surface area contributed by atoms with E-state index >= 15 is 0 Å². The van der Waals surface area contributed by atoms with Crippen molar-refractivity contribution in [3.05, 3.63) is 22.0 Å². The summed E-state index contributed by atoms with van der Waals surface area (Å²) in [7, 11) is 0. The molecule has 0 N–H and O–H groups in total. The molecule has 0 radical (unpaired) electrons. The predicted octanol–water partition coefficient (Wildman–Crippen LogP) is 4.10. The summed E-state index contributed by atoms with van der Waals surface area (Å²) >= 11 is 5.19. The first-order chi connectivity index (χ1) is 7.22. The molecule has 76 valence electrons. The molecule has 0 amide bonds. The number of nitrogens with zero attached hydrogens (tertiary/aromatic N) is 2. The topological polar surface area (TPSA) is 25.8 Å². The Labute approximate surface area is 99.3 Å². The Morgan fingerprint density at radius 2 is 1.87 bits per heavy atom. The molecule has 3 aromatic heterocycles. The minimum absolute atomic E-state index is 1.04. The second kappa shape index (κ2) is 3.37. The van der Waals surface area contributed by atoms with Gasteiger partial charge in [0.1, 0.15) is 4.83 Å². The number of hydrogen-bond acceptors (Lipinski definition) is 5. The number of aryl methyl sites for hydroxylation is 2. The summed E-state index contributed by atoms with van der Waals surface area (Å²) in [6.07, 6.45) is 1.90. The van der Waals surface area contributed by atoms with E-state index in [1.807, 2.05) is 6.20 Å². The fraction of sp³-hybridized carbons (Fsp3) is 0.200. The quantitative estimate of drug-likeness (QED) is 0.651. The van der Waals surface area contributed by atoms with Gasteiger partial charge in [-0.2, -0.15) is 0 Å². The van der Waals surface area contributed by atoms with Crippen LogP contribution in [-0.2, 0) is 0 Å². The average molecular weight is 252 g/mol.